The van der Waals surface area contributed by atoms with Crippen LogP contribution in [0.4, 0.5) is 0 Å². The molecule has 2 fully saturated rings. The number of hydrogen-bond acceptors (Lipinski definition) is 2. The fraction of sp³-hybridized carbons (Fsp3) is 1.00. The van der Waals surface area contributed by atoms with E-state index in [4.69, 9.17) is 0 Å². The maximum Gasteiger partial charge on any atom is 0.0946 e. The van der Waals surface area contributed by atoms with Crippen LogP contribution in [0.1, 0.15) is 27.2 Å². The molecule has 2 aliphatic heterocycles. The van der Waals surface area contributed by atoms with Crippen molar-refractivity contribution in [2.45, 2.75) is 38.8 Å². The molecule has 0 aromatic carbocycles. The summed E-state index contributed by atoms with van der Waals surface area (Å²) in [6.45, 7) is 9.91. The molecular formula is C10H20N2OS. The molecule has 2 atom stereocenters. The summed E-state index contributed by atoms with van der Waals surface area (Å²) in [5.74, 6) is 0.878. The van der Waals surface area contributed by atoms with Gasteiger partial charge in [0.05, 0.1) is 11.0 Å². The van der Waals surface area contributed by atoms with Gasteiger partial charge in [-0.2, -0.15) is 0 Å². The van der Waals surface area contributed by atoms with E-state index in [1.165, 1.54) is 0 Å². The van der Waals surface area contributed by atoms with Gasteiger partial charge in [0.25, 0.3) is 0 Å². The van der Waals surface area contributed by atoms with E-state index in [1.807, 2.05) is 0 Å². The summed E-state index contributed by atoms with van der Waals surface area (Å²) in [6, 6.07) is 0.545. The Bertz CT molecular complexity index is 249. The van der Waals surface area contributed by atoms with Crippen molar-refractivity contribution < 1.29 is 4.21 Å². The minimum absolute atomic E-state index is 0.260. The van der Waals surface area contributed by atoms with Crippen molar-refractivity contribution in [3.8, 4) is 0 Å². The summed E-state index contributed by atoms with van der Waals surface area (Å²) in [5, 5.41) is 0. The lowest BCUT2D eigenvalue weighted by atomic mass is 10.0. The molecule has 14 heavy (non-hydrogen) atoms. The zero-order valence-corrected chi connectivity index (χ0v) is 10.1. The summed E-state index contributed by atoms with van der Waals surface area (Å²) in [4.78, 5) is 2.51. The number of hydrogen-bond donors (Lipinski definition) is 0. The highest BCUT2D eigenvalue weighted by Gasteiger charge is 2.38. The molecule has 0 aromatic heterocycles. The Hall–Kier alpha value is 0.0700. The van der Waals surface area contributed by atoms with Crippen molar-refractivity contribution in [1.29, 1.82) is 0 Å². The van der Waals surface area contributed by atoms with Crippen LogP contribution in [0.25, 0.3) is 0 Å². The number of rotatable bonds is 0. The highest BCUT2D eigenvalue weighted by molar-refractivity contribution is 7.82. The number of fused-ring (bicyclic) bond motifs is 1. The second kappa shape index (κ2) is 3.58. The van der Waals surface area contributed by atoms with E-state index >= 15 is 0 Å². The van der Waals surface area contributed by atoms with E-state index in [-0.39, 0.29) is 5.54 Å². The monoisotopic (exact) mass is 216 g/mol. The first-order chi connectivity index (χ1) is 6.48. The van der Waals surface area contributed by atoms with Gasteiger partial charge in [-0.15, -0.1) is 0 Å². The average molecular weight is 216 g/mol. The third-order valence-electron chi connectivity index (χ3n) is 3.26. The number of nitrogens with zero attached hydrogens (tertiary/aromatic N) is 2. The maximum atomic E-state index is 11.6. The van der Waals surface area contributed by atoms with Crippen LogP contribution >= 0.6 is 0 Å². The third-order valence-corrected chi connectivity index (χ3v) is 4.85. The van der Waals surface area contributed by atoms with Crippen LogP contribution in [0.2, 0.25) is 0 Å². The molecule has 3 nitrogen and oxygen atoms in total. The predicted molar refractivity (Wildman–Crippen MR) is 59.4 cm³/mol. The number of piperazine rings is 1. The molecule has 0 N–H and O–H groups in total. The van der Waals surface area contributed by atoms with E-state index in [0.29, 0.717) is 6.04 Å². The predicted octanol–water partition coefficient (Wildman–Crippen LogP) is 0.839. The van der Waals surface area contributed by atoms with E-state index in [1.54, 1.807) is 0 Å². The zero-order valence-electron chi connectivity index (χ0n) is 9.32. The van der Waals surface area contributed by atoms with Crippen LogP contribution in [0.5, 0.6) is 0 Å². The fourth-order valence-electron chi connectivity index (χ4n) is 2.31. The molecule has 4 heteroatoms. The Balaban J connectivity index is 2.03. The van der Waals surface area contributed by atoms with E-state index in [9.17, 15) is 4.21 Å². The summed E-state index contributed by atoms with van der Waals surface area (Å²) in [5.41, 5.74) is 0.260. The molecule has 0 radical (unpaired) electrons. The first-order valence-corrected chi connectivity index (χ1v) is 6.66. The summed E-state index contributed by atoms with van der Waals surface area (Å²) in [7, 11) is -0.674. The van der Waals surface area contributed by atoms with Crippen LogP contribution in [-0.2, 0) is 11.0 Å². The molecule has 0 amide bonds. The average Bonchev–Trinajstić information content (AvgIpc) is 2.46. The van der Waals surface area contributed by atoms with Gasteiger partial charge in [0.2, 0.25) is 0 Å². The second-order valence-electron chi connectivity index (χ2n) is 5.23. The normalized spacial score (nSPS) is 35.9. The molecule has 0 saturated carbocycles. The highest BCUT2D eigenvalue weighted by Crippen LogP contribution is 2.26. The minimum Gasteiger partial charge on any atom is -0.296 e. The van der Waals surface area contributed by atoms with Gasteiger partial charge in [-0.05, 0) is 27.2 Å². The second-order valence-corrected chi connectivity index (χ2v) is 6.75. The molecule has 0 aromatic rings. The van der Waals surface area contributed by atoms with Crippen LogP contribution in [0.15, 0.2) is 0 Å². The topological polar surface area (TPSA) is 23.6 Å². The van der Waals surface area contributed by atoms with Gasteiger partial charge < -0.3 is 0 Å². The summed E-state index contributed by atoms with van der Waals surface area (Å²) >= 11 is 0. The molecule has 0 bridgehead atoms. The summed E-state index contributed by atoms with van der Waals surface area (Å²) < 4.78 is 13.8. The van der Waals surface area contributed by atoms with Gasteiger partial charge >= 0.3 is 0 Å². The zero-order chi connectivity index (χ0) is 10.3. The van der Waals surface area contributed by atoms with Crippen molar-refractivity contribution in [3.05, 3.63) is 0 Å². The van der Waals surface area contributed by atoms with Crippen molar-refractivity contribution in [2.75, 3.05) is 25.4 Å². The molecule has 1 unspecified atom stereocenters. The van der Waals surface area contributed by atoms with Crippen molar-refractivity contribution >= 4 is 11.0 Å². The lowest BCUT2D eigenvalue weighted by Gasteiger charge is -2.43. The Kier molecular flexibility index (Phi) is 2.70. The largest absolute Gasteiger partial charge is 0.296 e. The minimum atomic E-state index is -0.674. The van der Waals surface area contributed by atoms with E-state index in [0.717, 1.165) is 31.8 Å². The Morgan fingerprint density at radius 3 is 2.64 bits per heavy atom. The Morgan fingerprint density at radius 2 is 2.00 bits per heavy atom. The van der Waals surface area contributed by atoms with Crippen molar-refractivity contribution in [1.82, 2.24) is 9.21 Å². The lowest BCUT2D eigenvalue weighted by molar-refractivity contribution is 0.0660. The van der Waals surface area contributed by atoms with Gasteiger partial charge in [0, 0.05) is 37.0 Å². The standard InChI is InChI=1S/C10H20N2OS/c1-10(2,3)11-5-6-12-9(8-11)4-7-14(12)13/h9H,4-8H2,1-3H3/t9-,14?/m0/s1. The quantitative estimate of drug-likeness (QED) is 0.599. The third kappa shape index (κ3) is 1.88. The van der Waals surface area contributed by atoms with Crippen LogP contribution in [0, 0.1) is 0 Å². The maximum absolute atomic E-state index is 11.6. The molecule has 2 aliphatic rings. The van der Waals surface area contributed by atoms with Gasteiger partial charge in [-0.3, -0.25) is 4.90 Å². The molecular weight excluding hydrogens is 196 g/mol. The molecule has 82 valence electrons. The highest BCUT2D eigenvalue weighted by atomic mass is 32.2. The SMILES string of the molecule is CC(C)(C)N1CCN2[C@@H](CCS2=O)C1. The van der Waals surface area contributed by atoms with Gasteiger partial charge in [0.1, 0.15) is 0 Å². The van der Waals surface area contributed by atoms with E-state index in [2.05, 4.69) is 30.0 Å². The molecule has 0 aliphatic carbocycles. The van der Waals surface area contributed by atoms with Crippen molar-refractivity contribution in [3.63, 3.8) is 0 Å². The Labute approximate surface area is 89.0 Å². The summed E-state index contributed by atoms with van der Waals surface area (Å²) in [6.07, 6.45) is 1.11. The first-order valence-electron chi connectivity index (χ1n) is 5.38. The van der Waals surface area contributed by atoms with Gasteiger partial charge in [-0.25, -0.2) is 8.51 Å². The lowest BCUT2D eigenvalue weighted by Crippen LogP contribution is -2.56. The smallest absolute Gasteiger partial charge is 0.0946 e. The Morgan fingerprint density at radius 1 is 1.29 bits per heavy atom. The molecule has 2 rings (SSSR count). The molecule has 2 heterocycles. The van der Waals surface area contributed by atoms with Gasteiger partial charge in [0.15, 0.2) is 0 Å². The van der Waals surface area contributed by atoms with Crippen LogP contribution in [-0.4, -0.2) is 50.4 Å². The van der Waals surface area contributed by atoms with Crippen molar-refractivity contribution in [2.24, 2.45) is 0 Å². The van der Waals surface area contributed by atoms with Gasteiger partial charge in [-0.1, -0.05) is 0 Å². The molecule has 2 saturated heterocycles. The van der Waals surface area contributed by atoms with Crippen LogP contribution in [0.3, 0.4) is 0 Å². The first kappa shape index (κ1) is 10.6. The van der Waals surface area contributed by atoms with Crippen LogP contribution < -0.4 is 0 Å². The fourth-order valence-corrected chi connectivity index (χ4v) is 3.80. The van der Waals surface area contributed by atoms with E-state index < -0.39 is 11.0 Å². The molecule has 0 spiro atoms.